The minimum absolute atomic E-state index is 0.274. The Hall–Kier alpha value is -1.13. The molecule has 0 fully saturated rings. The quantitative estimate of drug-likeness (QED) is 0.859. The molecule has 1 aromatic carbocycles. The molecule has 0 saturated heterocycles. The van der Waals surface area contributed by atoms with Crippen LogP contribution in [-0.4, -0.2) is 4.99 Å². The number of nitrogens with two attached hydrogens (primary N) is 1. The zero-order valence-electron chi connectivity index (χ0n) is 7.74. The Bertz CT molecular complexity index is 507. The van der Waals surface area contributed by atoms with Crippen molar-refractivity contribution in [1.29, 1.82) is 0 Å². The van der Waals surface area contributed by atoms with Crippen LogP contribution in [-0.2, 0) is 0 Å². The second-order valence-corrected chi connectivity index (χ2v) is 4.39. The summed E-state index contributed by atoms with van der Waals surface area (Å²) in [5.41, 5.74) is 6.46. The van der Waals surface area contributed by atoms with Crippen molar-refractivity contribution in [3.63, 3.8) is 0 Å². The molecular formula is C11H8BrNOS. The normalized spacial score (nSPS) is 10.2. The maximum absolute atomic E-state index is 5.50. The van der Waals surface area contributed by atoms with Gasteiger partial charge in [-0.3, -0.25) is 0 Å². The van der Waals surface area contributed by atoms with Crippen molar-refractivity contribution in [2.75, 3.05) is 0 Å². The number of furan rings is 1. The van der Waals surface area contributed by atoms with Crippen molar-refractivity contribution in [2.24, 2.45) is 5.73 Å². The minimum Gasteiger partial charge on any atom is -0.454 e. The second-order valence-electron chi connectivity index (χ2n) is 3.04. The van der Waals surface area contributed by atoms with E-state index in [0.717, 1.165) is 15.8 Å². The fourth-order valence-electron chi connectivity index (χ4n) is 1.27. The molecule has 0 radical (unpaired) electrons. The Balaban J connectivity index is 2.41. The zero-order chi connectivity index (χ0) is 10.8. The van der Waals surface area contributed by atoms with E-state index < -0.39 is 0 Å². The van der Waals surface area contributed by atoms with Crippen molar-refractivity contribution in [1.82, 2.24) is 0 Å². The monoisotopic (exact) mass is 281 g/mol. The summed E-state index contributed by atoms with van der Waals surface area (Å²) in [7, 11) is 0. The van der Waals surface area contributed by atoms with Crippen molar-refractivity contribution in [3.8, 4) is 11.3 Å². The molecule has 2 N–H and O–H groups in total. The van der Waals surface area contributed by atoms with Crippen LogP contribution in [0.5, 0.6) is 0 Å². The summed E-state index contributed by atoms with van der Waals surface area (Å²) in [6, 6.07) is 11.5. The van der Waals surface area contributed by atoms with Gasteiger partial charge in [0.25, 0.3) is 0 Å². The predicted molar refractivity (Wildman–Crippen MR) is 67.7 cm³/mol. The van der Waals surface area contributed by atoms with Crippen LogP contribution in [0.15, 0.2) is 45.3 Å². The highest BCUT2D eigenvalue weighted by atomic mass is 79.9. The van der Waals surface area contributed by atoms with E-state index in [4.69, 9.17) is 22.4 Å². The number of hydrogen-bond acceptors (Lipinski definition) is 2. The van der Waals surface area contributed by atoms with Crippen LogP contribution >= 0.6 is 28.1 Å². The van der Waals surface area contributed by atoms with Gasteiger partial charge in [-0.05, 0) is 24.3 Å². The summed E-state index contributed by atoms with van der Waals surface area (Å²) in [6.45, 7) is 0. The number of thiocarbonyl (C=S) groups is 1. The highest BCUT2D eigenvalue weighted by Gasteiger charge is 2.06. The van der Waals surface area contributed by atoms with E-state index >= 15 is 0 Å². The van der Waals surface area contributed by atoms with Crippen LogP contribution in [0.1, 0.15) is 5.76 Å². The Morgan fingerprint density at radius 1 is 1.27 bits per heavy atom. The van der Waals surface area contributed by atoms with Gasteiger partial charge in [-0.25, -0.2) is 0 Å². The van der Waals surface area contributed by atoms with Crippen LogP contribution in [0.25, 0.3) is 11.3 Å². The summed E-state index contributed by atoms with van der Waals surface area (Å²) >= 11 is 8.23. The summed E-state index contributed by atoms with van der Waals surface area (Å²) in [5, 5.41) is 0. The van der Waals surface area contributed by atoms with Gasteiger partial charge < -0.3 is 10.2 Å². The van der Waals surface area contributed by atoms with E-state index in [1.54, 1.807) is 6.07 Å². The maximum Gasteiger partial charge on any atom is 0.161 e. The van der Waals surface area contributed by atoms with E-state index in [1.165, 1.54) is 0 Å². The molecule has 0 aliphatic rings. The van der Waals surface area contributed by atoms with Crippen LogP contribution in [0.2, 0.25) is 0 Å². The fourth-order valence-corrected chi connectivity index (χ4v) is 1.78. The predicted octanol–water partition coefficient (Wildman–Crippen LogP) is 3.34. The summed E-state index contributed by atoms with van der Waals surface area (Å²) < 4.78 is 6.51. The summed E-state index contributed by atoms with van der Waals surface area (Å²) in [6.07, 6.45) is 0. The highest BCUT2D eigenvalue weighted by molar-refractivity contribution is 9.10. The Morgan fingerprint density at radius 2 is 2.07 bits per heavy atom. The van der Waals surface area contributed by atoms with Gasteiger partial charge in [0.05, 0.1) is 0 Å². The van der Waals surface area contributed by atoms with Gasteiger partial charge in [0.15, 0.2) is 5.76 Å². The Labute approximate surface area is 101 Å². The third-order valence-electron chi connectivity index (χ3n) is 1.96. The van der Waals surface area contributed by atoms with Crippen LogP contribution in [0, 0.1) is 0 Å². The third kappa shape index (κ3) is 2.27. The molecule has 0 spiro atoms. The fraction of sp³-hybridized carbons (Fsp3) is 0. The van der Waals surface area contributed by atoms with Gasteiger partial charge in [-0.1, -0.05) is 40.3 Å². The first-order valence-corrected chi connectivity index (χ1v) is 5.52. The largest absolute Gasteiger partial charge is 0.454 e. The maximum atomic E-state index is 5.50. The van der Waals surface area contributed by atoms with E-state index in [-0.39, 0.29) is 4.99 Å². The van der Waals surface area contributed by atoms with Crippen LogP contribution in [0.3, 0.4) is 0 Å². The first kappa shape index (κ1) is 10.4. The lowest BCUT2D eigenvalue weighted by molar-refractivity contribution is 0.573. The first-order chi connectivity index (χ1) is 7.16. The van der Waals surface area contributed by atoms with E-state index in [1.807, 2.05) is 30.3 Å². The van der Waals surface area contributed by atoms with E-state index in [2.05, 4.69) is 15.9 Å². The van der Waals surface area contributed by atoms with Crippen molar-refractivity contribution in [2.45, 2.75) is 0 Å². The van der Waals surface area contributed by atoms with Crippen LogP contribution in [0.4, 0.5) is 0 Å². The molecule has 2 nitrogen and oxygen atoms in total. The molecule has 15 heavy (non-hydrogen) atoms. The summed E-state index contributed by atoms with van der Waals surface area (Å²) in [5.74, 6) is 1.30. The number of rotatable bonds is 2. The summed E-state index contributed by atoms with van der Waals surface area (Å²) in [4.78, 5) is 0.274. The van der Waals surface area contributed by atoms with Gasteiger partial charge in [0, 0.05) is 10.0 Å². The number of benzene rings is 1. The van der Waals surface area contributed by atoms with Crippen molar-refractivity contribution in [3.05, 3.63) is 46.6 Å². The zero-order valence-corrected chi connectivity index (χ0v) is 10.1. The Morgan fingerprint density at radius 3 is 2.67 bits per heavy atom. The van der Waals surface area contributed by atoms with Crippen molar-refractivity contribution >= 4 is 33.1 Å². The van der Waals surface area contributed by atoms with Gasteiger partial charge in [0.2, 0.25) is 0 Å². The van der Waals surface area contributed by atoms with Gasteiger partial charge in [0.1, 0.15) is 10.7 Å². The molecule has 0 amide bonds. The van der Waals surface area contributed by atoms with Gasteiger partial charge in [-0.2, -0.15) is 0 Å². The topological polar surface area (TPSA) is 39.2 Å². The highest BCUT2D eigenvalue weighted by Crippen LogP contribution is 2.24. The molecular weight excluding hydrogens is 274 g/mol. The lowest BCUT2D eigenvalue weighted by Gasteiger charge is -1.97. The first-order valence-electron chi connectivity index (χ1n) is 4.32. The average molecular weight is 282 g/mol. The molecule has 2 rings (SSSR count). The Kier molecular flexibility index (Phi) is 2.88. The van der Waals surface area contributed by atoms with Gasteiger partial charge >= 0.3 is 0 Å². The molecule has 76 valence electrons. The third-order valence-corrected chi connectivity index (χ3v) is 2.65. The molecule has 2 aromatic rings. The van der Waals surface area contributed by atoms with Crippen molar-refractivity contribution < 1.29 is 4.42 Å². The van der Waals surface area contributed by atoms with E-state index in [9.17, 15) is 0 Å². The smallest absolute Gasteiger partial charge is 0.161 e. The SMILES string of the molecule is NC(=S)c1ccc(-c2cccc(Br)c2)o1. The van der Waals surface area contributed by atoms with E-state index in [0.29, 0.717) is 5.76 Å². The number of hydrogen-bond donors (Lipinski definition) is 1. The van der Waals surface area contributed by atoms with Gasteiger partial charge in [-0.15, -0.1) is 0 Å². The average Bonchev–Trinajstić information content (AvgIpc) is 2.66. The minimum atomic E-state index is 0.274. The second kappa shape index (κ2) is 4.16. The lowest BCUT2D eigenvalue weighted by atomic mass is 10.2. The molecule has 1 heterocycles. The molecule has 0 aliphatic carbocycles. The molecule has 0 unspecified atom stereocenters. The lowest BCUT2D eigenvalue weighted by Crippen LogP contribution is -2.07. The molecule has 0 atom stereocenters. The molecule has 0 aliphatic heterocycles. The molecule has 1 aromatic heterocycles. The molecule has 4 heteroatoms. The molecule has 0 bridgehead atoms. The number of halogens is 1. The van der Waals surface area contributed by atoms with Crippen LogP contribution < -0.4 is 5.73 Å². The standard InChI is InChI=1S/C11H8BrNOS/c12-8-3-1-2-7(6-8)9-4-5-10(14-9)11(13)15/h1-6H,(H2,13,15). The molecule has 0 saturated carbocycles.